The molecular formula is C17H18N4. The molecule has 21 heavy (non-hydrogen) atoms. The molecule has 4 rings (SSSR count). The molecule has 0 amide bonds. The number of aryl methyl sites for hydroxylation is 1. The van der Waals surface area contributed by atoms with Crippen molar-refractivity contribution in [1.82, 2.24) is 19.3 Å². The Morgan fingerprint density at radius 3 is 2.81 bits per heavy atom. The van der Waals surface area contributed by atoms with E-state index in [1.807, 2.05) is 24.1 Å². The zero-order chi connectivity index (χ0) is 14.2. The molecule has 1 saturated carbocycles. The van der Waals surface area contributed by atoms with Crippen molar-refractivity contribution >= 4 is 0 Å². The lowest BCUT2D eigenvalue weighted by molar-refractivity contribution is 0.564. The van der Waals surface area contributed by atoms with E-state index in [9.17, 15) is 0 Å². The molecule has 0 atom stereocenters. The van der Waals surface area contributed by atoms with Crippen molar-refractivity contribution < 1.29 is 0 Å². The van der Waals surface area contributed by atoms with Crippen LogP contribution in [0.2, 0.25) is 0 Å². The Bertz CT molecular complexity index is 764. The number of nitrogens with zero attached hydrogens (tertiary/aromatic N) is 4. The van der Waals surface area contributed by atoms with Gasteiger partial charge in [-0.25, -0.2) is 4.98 Å². The van der Waals surface area contributed by atoms with Gasteiger partial charge < -0.3 is 4.57 Å². The van der Waals surface area contributed by atoms with Crippen LogP contribution in [0, 0.1) is 5.92 Å². The van der Waals surface area contributed by atoms with Gasteiger partial charge in [-0.3, -0.25) is 4.68 Å². The zero-order valence-corrected chi connectivity index (χ0v) is 12.1. The second-order valence-corrected chi connectivity index (χ2v) is 5.84. The van der Waals surface area contributed by atoms with Gasteiger partial charge in [-0.2, -0.15) is 5.10 Å². The first-order chi connectivity index (χ1) is 10.3. The molecule has 0 saturated heterocycles. The molecule has 0 N–H and O–H groups in total. The smallest absolute Gasteiger partial charge is 0.0948 e. The third-order valence-corrected chi connectivity index (χ3v) is 4.05. The molecule has 3 aromatic rings. The van der Waals surface area contributed by atoms with Gasteiger partial charge in [0.05, 0.1) is 23.9 Å². The summed E-state index contributed by atoms with van der Waals surface area (Å²) in [5.74, 6) is 0.846. The minimum Gasteiger partial charge on any atom is -0.334 e. The summed E-state index contributed by atoms with van der Waals surface area (Å²) in [6.07, 6.45) is 8.51. The van der Waals surface area contributed by atoms with E-state index in [0.717, 1.165) is 29.4 Å². The van der Waals surface area contributed by atoms with Crippen LogP contribution in [0.1, 0.15) is 12.8 Å². The lowest BCUT2D eigenvalue weighted by Crippen LogP contribution is -2.00. The van der Waals surface area contributed by atoms with Crippen LogP contribution < -0.4 is 0 Å². The fourth-order valence-corrected chi connectivity index (χ4v) is 2.66. The molecule has 1 fully saturated rings. The van der Waals surface area contributed by atoms with Crippen molar-refractivity contribution in [3.8, 4) is 22.5 Å². The monoisotopic (exact) mass is 278 g/mol. The highest BCUT2D eigenvalue weighted by molar-refractivity contribution is 5.69. The Morgan fingerprint density at radius 2 is 2.05 bits per heavy atom. The Hall–Kier alpha value is -2.36. The quantitative estimate of drug-likeness (QED) is 0.733. The average Bonchev–Trinajstić information content (AvgIpc) is 3.00. The highest BCUT2D eigenvalue weighted by Gasteiger charge is 2.22. The molecule has 1 aliphatic rings. The van der Waals surface area contributed by atoms with Crippen molar-refractivity contribution in [1.29, 1.82) is 0 Å². The number of hydrogen-bond donors (Lipinski definition) is 0. The number of rotatable bonds is 4. The SMILES string of the molecule is Cn1cncc1-c1cccc(-c2ccn(CC3CC3)n2)c1. The van der Waals surface area contributed by atoms with Gasteiger partial charge in [-0.15, -0.1) is 0 Å². The number of aromatic nitrogens is 4. The molecule has 0 spiro atoms. The number of benzene rings is 1. The number of imidazole rings is 1. The molecule has 2 heterocycles. The van der Waals surface area contributed by atoms with Crippen LogP contribution in [0.4, 0.5) is 0 Å². The summed E-state index contributed by atoms with van der Waals surface area (Å²) < 4.78 is 4.11. The van der Waals surface area contributed by atoms with Crippen molar-refractivity contribution in [3.05, 3.63) is 49.1 Å². The molecule has 2 aromatic heterocycles. The highest BCUT2D eigenvalue weighted by Crippen LogP contribution is 2.31. The van der Waals surface area contributed by atoms with Crippen molar-refractivity contribution in [2.45, 2.75) is 19.4 Å². The molecule has 4 nitrogen and oxygen atoms in total. The fourth-order valence-electron chi connectivity index (χ4n) is 2.66. The minimum atomic E-state index is 0.846. The zero-order valence-electron chi connectivity index (χ0n) is 12.1. The van der Waals surface area contributed by atoms with Gasteiger partial charge in [0, 0.05) is 30.9 Å². The van der Waals surface area contributed by atoms with Crippen LogP contribution in [0.3, 0.4) is 0 Å². The molecule has 4 heteroatoms. The average molecular weight is 278 g/mol. The molecule has 1 aromatic carbocycles. The lowest BCUT2D eigenvalue weighted by atomic mass is 10.1. The number of hydrogen-bond acceptors (Lipinski definition) is 2. The van der Waals surface area contributed by atoms with E-state index in [-0.39, 0.29) is 0 Å². The molecule has 106 valence electrons. The maximum Gasteiger partial charge on any atom is 0.0948 e. The summed E-state index contributed by atoms with van der Waals surface area (Å²) in [4.78, 5) is 4.19. The van der Waals surface area contributed by atoms with Gasteiger partial charge in [0.1, 0.15) is 0 Å². The maximum atomic E-state index is 4.70. The van der Waals surface area contributed by atoms with E-state index in [1.54, 1.807) is 0 Å². The van der Waals surface area contributed by atoms with E-state index < -0.39 is 0 Å². The van der Waals surface area contributed by atoms with Crippen LogP contribution in [-0.4, -0.2) is 19.3 Å². The lowest BCUT2D eigenvalue weighted by Gasteiger charge is -2.04. The first-order valence-corrected chi connectivity index (χ1v) is 7.40. The van der Waals surface area contributed by atoms with Crippen molar-refractivity contribution in [2.24, 2.45) is 13.0 Å². The Labute approximate surface area is 124 Å². The predicted octanol–water partition coefficient (Wildman–Crippen LogP) is 3.36. The van der Waals surface area contributed by atoms with Crippen LogP contribution in [0.25, 0.3) is 22.5 Å². The highest BCUT2D eigenvalue weighted by atomic mass is 15.3. The summed E-state index contributed by atoms with van der Waals surface area (Å²) in [5.41, 5.74) is 4.49. The van der Waals surface area contributed by atoms with Gasteiger partial charge in [0.15, 0.2) is 0 Å². The van der Waals surface area contributed by atoms with Crippen LogP contribution in [0.5, 0.6) is 0 Å². The molecule has 0 bridgehead atoms. The predicted molar refractivity (Wildman–Crippen MR) is 82.6 cm³/mol. The Kier molecular flexibility index (Phi) is 2.88. The second kappa shape index (κ2) is 4.88. The first-order valence-electron chi connectivity index (χ1n) is 7.40. The largest absolute Gasteiger partial charge is 0.334 e. The maximum absolute atomic E-state index is 4.70. The topological polar surface area (TPSA) is 35.6 Å². The summed E-state index contributed by atoms with van der Waals surface area (Å²) in [6.45, 7) is 1.06. The van der Waals surface area contributed by atoms with Gasteiger partial charge in [-0.1, -0.05) is 18.2 Å². The third kappa shape index (κ3) is 2.49. The van der Waals surface area contributed by atoms with Crippen LogP contribution in [0.15, 0.2) is 49.1 Å². The molecule has 0 unspecified atom stereocenters. The fraction of sp³-hybridized carbons (Fsp3) is 0.294. The molecule has 0 radical (unpaired) electrons. The van der Waals surface area contributed by atoms with E-state index in [4.69, 9.17) is 5.10 Å². The molecular weight excluding hydrogens is 260 g/mol. The summed E-state index contributed by atoms with van der Waals surface area (Å²) in [5, 5.41) is 4.70. The van der Waals surface area contributed by atoms with Gasteiger partial charge in [-0.05, 0) is 30.9 Å². The van der Waals surface area contributed by atoms with E-state index in [0.29, 0.717) is 0 Å². The summed E-state index contributed by atoms with van der Waals surface area (Å²) >= 11 is 0. The van der Waals surface area contributed by atoms with Gasteiger partial charge >= 0.3 is 0 Å². The normalized spacial score (nSPS) is 14.5. The van der Waals surface area contributed by atoms with Crippen molar-refractivity contribution in [2.75, 3.05) is 0 Å². The summed E-state index contributed by atoms with van der Waals surface area (Å²) in [6, 6.07) is 10.6. The van der Waals surface area contributed by atoms with E-state index in [2.05, 4.69) is 46.2 Å². The molecule has 0 aliphatic heterocycles. The van der Waals surface area contributed by atoms with Crippen LogP contribution >= 0.6 is 0 Å². The van der Waals surface area contributed by atoms with Gasteiger partial charge in [0.2, 0.25) is 0 Å². The second-order valence-electron chi connectivity index (χ2n) is 5.84. The standard InChI is InChI=1S/C17H18N4/c1-20-12-18-10-17(20)15-4-2-3-14(9-15)16-7-8-21(19-16)11-13-5-6-13/h2-4,7-10,12-13H,5-6,11H2,1H3. The Balaban J connectivity index is 1.65. The van der Waals surface area contributed by atoms with E-state index in [1.165, 1.54) is 18.4 Å². The summed E-state index contributed by atoms with van der Waals surface area (Å²) in [7, 11) is 2.01. The van der Waals surface area contributed by atoms with Crippen LogP contribution in [-0.2, 0) is 13.6 Å². The third-order valence-electron chi connectivity index (χ3n) is 4.05. The minimum absolute atomic E-state index is 0.846. The van der Waals surface area contributed by atoms with E-state index >= 15 is 0 Å². The Morgan fingerprint density at radius 1 is 1.19 bits per heavy atom. The van der Waals surface area contributed by atoms with Gasteiger partial charge in [0.25, 0.3) is 0 Å². The molecule has 1 aliphatic carbocycles. The first kappa shape index (κ1) is 12.4. The van der Waals surface area contributed by atoms with Crippen molar-refractivity contribution in [3.63, 3.8) is 0 Å².